The maximum atomic E-state index is 12.8. The molecule has 2 atom stereocenters. The van der Waals surface area contributed by atoms with E-state index in [2.05, 4.69) is 4.90 Å². The Kier molecular flexibility index (Phi) is 7.08. The second kappa shape index (κ2) is 10.4. The van der Waals surface area contributed by atoms with Crippen LogP contribution in [0.1, 0.15) is 36.1 Å². The highest BCUT2D eigenvalue weighted by molar-refractivity contribution is 6.32. The molecule has 0 spiro atoms. The third-order valence-corrected chi connectivity index (χ3v) is 7.29. The van der Waals surface area contributed by atoms with Gasteiger partial charge in [0.2, 0.25) is 0 Å². The lowest BCUT2D eigenvalue weighted by molar-refractivity contribution is 0.228. The first kappa shape index (κ1) is 24.5. The van der Waals surface area contributed by atoms with Crippen molar-refractivity contribution >= 4 is 22.7 Å². The fourth-order valence-corrected chi connectivity index (χ4v) is 5.17. The Morgan fingerprint density at radius 3 is 2.61 bits per heavy atom. The monoisotopic (exact) mass is 509 g/mol. The van der Waals surface area contributed by atoms with Crippen molar-refractivity contribution in [3.8, 4) is 23.0 Å². The lowest BCUT2D eigenvalue weighted by Gasteiger charge is -2.31. The van der Waals surface area contributed by atoms with Crippen molar-refractivity contribution in [1.82, 2.24) is 4.90 Å². The van der Waals surface area contributed by atoms with Crippen molar-refractivity contribution < 1.29 is 24.1 Å². The molecule has 36 heavy (non-hydrogen) atoms. The number of aromatic hydroxyl groups is 2. The maximum absolute atomic E-state index is 12.8. The van der Waals surface area contributed by atoms with Crippen molar-refractivity contribution in [1.29, 1.82) is 0 Å². The number of hydrogen-bond donors (Lipinski definition) is 2. The zero-order valence-corrected chi connectivity index (χ0v) is 20.8. The number of hydrogen-bond acceptors (Lipinski definition) is 5. The van der Waals surface area contributed by atoms with Gasteiger partial charge in [0.1, 0.15) is 35.7 Å². The summed E-state index contributed by atoms with van der Waals surface area (Å²) in [5.74, 6) is 1.77. The summed E-state index contributed by atoms with van der Waals surface area (Å²) in [7, 11) is 0. The van der Waals surface area contributed by atoms with Crippen LogP contribution in [0, 0.1) is 5.92 Å². The molecule has 1 unspecified atom stereocenters. The maximum Gasteiger partial charge on any atom is 0.150 e. The van der Waals surface area contributed by atoms with Gasteiger partial charge in [-0.05, 0) is 79.1 Å². The summed E-state index contributed by atoms with van der Waals surface area (Å²) in [6.45, 7) is 4.79. The fourth-order valence-electron chi connectivity index (χ4n) is 4.99. The molecule has 7 heteroatoms. The molecule has 2 aliphatic heterocycles. The Morgan fingerprint density at radius 1 is 1.08 bits per heavy atom. The predicted octanol–water partition coefficient (Wildman–Crippen LogP) is 6.49. The molecule has 0 aromatic heterocycles. The zero-order chi connectivity index (χ0) is 25.2. The summed E-state index contributed by atoms with van der Waals surface area (Å²) in [6, 6.07) is 18.0. The van der Waals surface area contributed by atoms with E-state index in [9.17, 15) is 14.6 Å². The molecule has 0 aliphatic carbocycles. The molecule has 5 rings (SSSR count). The van der Waals surface area contributed by atoms with Crippen LogP contribution < -0.4 is 9.47 Å². The number of phenolic OH excluding ortho intramolecular Hbond substituents is 2. The van der Waals surface area contributed by atoms with Gasteiger partial charge in [0.25, 0.3) is 0 Å². The van der Waals surface area contributed by atoms with Crippen LogP contribution in [0.4, 0.5) is 4.39 Å². The molecule has 3 aromatic carbocycles. The summed E-state index contributed by atoms with van der Waals surface area (Å²) in [5.41, 5.74) is 4.43. The zero-order valence-electron chi connectivity index (χ0n) is 20.1. The van der Waals surface area contributed by atoms with Crippen LogP contribution in [-0.2, 0) is 0 Å². The minimum absolute atomic E-state index is 0.0145. The SMILES string of the molecule is CC1=C(c2ccc(O)c(Cl)c2)C(c2ccc(OCCN3CC[C@@H](CF)C3)cc2)Oc2ccc(O)cc21. The van der Waals surface area contributed by atoms with Gasteiger partial charge in [0.05, 0.1) is 11.7 Å². The van der Waals surface area contributed by atoms with Gasteiger partial charge in [0.15, 0.2) is 0 Å². The summed E-state index contributed by atoms with van der Waals surface area (Å²) in [5, 5.41) is 20.2. The van der Waals surface area contributed by atoms with Gasteiger partial charge in [-0.3, -0.25) is 9.29 Å². The number of likely N-dealkylation sites (tertiary alicyclic amines) is 1. The number of allylic oxidation sites excluding steroid dienone is 1. The molecular weight excluding hydrogens is 481 g/mol. The second-order valence-corrected chi connectivity index (χ2v) is 9.82. The summed E-state index contributed by atoms with van der Waals surface area (Å²) >= 11 is 6.24. The van der Waals surface area contributed by atoms with E-state index in [1.165, 1.54) is 0 Å². The van der Waals surface area contributed by atoms with Crippen molar-refractivity contribution in [2.45, 2.75) is 19.4 Å². The number of benzene rings is 3. The first-order valence-corrected chi connectivity index (χ1v) is 12.5. The highest BCUT2D eigenvalue weighted by Gasteiger charge is 2.30. The highest BCUT2D eigenvalue weighted by atomic mass is 35.5. The van der Waals surface area contributed by atoms with Crippen molar-refractivity contribution in [3.63, 3.8) is 0 Å². The van der Waals surface area contributed by atoms with Crippen LogP contribution in [0.15, 0.2) is 60.7 Å². The van der Waals surface area contributed by atoms with Crippen LogP contribution in [0.5, 0.6) is 23.0 Å². The van der Waals surface area contributed by atoms with Crippen LogP contribution >= 0.6 is 11.6 Å². The van der Waals surface area contributed by atoms with Gasteiger partial charge in [-0.2, -0.15) is 0 Å². The van der Waals surface area contributed by atoms with E-state index in [4.69, 9.17) is 21.1 Å². The van der Waals surface area contributed by atoms with E-state index in [0.29, 0.717) is 12.4 Å². The molecule has 2 N–H and O–H groups in total. The normalized spacial score (nSPS) is 19.8. The first-order valence-electron chi connectivity index (χ1n) is 12.1. The Morgan fingerprint density at radius 2 is 1.89 bits per heavy atom. The standard InChI is InChI=1S/C29H29ClFNO4/c1-18-24-15-22(33)5-9-27(24)36-29(28(18)21-4-8-26(34)25(30)14-21)20-2-6-23(7-3-20)35-13-12-32-11-10-19(16-31)17-32/h2-9,14-15,19,29,33-34H,10-13,16-17H2,1H3/t19-,29?/m0/s1. The van der Waals surface area contributed by atoms with Crippen molar-refractivity contribution in [2.24, 2.45) is 5.92 Å². The van der Waals surface area contributed by atoms with Crippen LogP contribution in [0.25, 0.3) is 11.1 Å². The fraction of sp³-hybridized carbons (Fsp3) is 0.310. The summed E-state index contributed by atoms with van der Waals surface area (Å²) in [4.78, 5) is 2.24. The third-order valence-electron chi connectivity index (χ3n) is 6.98. The average Bonchev–Trinajstić information content (AvgIpc) is 3.35. The second-order valence-electron chi connectivity index (χ2n) is 9.41. The largest absolute Gasteiger partial charge is 0.508 e. The molecule has 3 aromatic rings. The number of fused-ring (bicyclic) bond motifs is 1. The molecule has 1 fully saturated rings. The number of alkyl halides is 1. The Bertz CT molecular complexity index is 1280. The van der Waals surface area contributed by atoms with E-state index >= 15 is 0 Å². The quantitative estimate of drug-likeness (QED) is 0.381. The van der Waals surface area contributed by atoms with Gasteiger partial charge < -0.3 is 19.7 Å². The van der Waals surface area contributed by atoms with E-state index < -0.39 is 6.10 Å². The van der Waals surface area contributed by atoms with E-state index in [-0.39, 0.29) is 29.1 Å². The number of phenols is 2. The Labute approximate surface area is 215 Å². The molecule has 2 aliphatic rings. The minimum Gasteiger partial charge on any atom is -0.508 e. The molecular formula is C29H29ClFNO4. The lowest BCUT2D eigenvalue weighted by atomic mass is 9.86. The smallest absolute Gasteiger partial charge is 0.150 e. The number of ether oxygens (including phenoxy) is 2. The molecule has 2 heterocycles. The predicted molar refractivity (Wildman–Crippen MR) is 140 cm³/mol. The highest BCUT2D eigenvalue weighted by Crippen LogP contribution is 2.48. The molecule has 0 amide bonds. The van der Waals surface area contributed by atoms with Crippen LogP contribution in [0.2, 0.25) is 5.02 Å². The van der Waals surface area contributed by atoms with Crippen LogP contribution in [0.3, 0.4) is 0 Å². The molecule has 188 valence electrons. The van der Waals surface area contributed by atoms with E-state index in [1.807, 2.05) is 37.3 Å². The lowest BCUT2D eigenvalue weighted by Crippen LogP contribution is -2.26. The van der Waals surface area contributed by atoms with Crippen molar-refractivity contribution in [3.05, 3.63) is 82.4 Å². The third kappa shape index (κ3) is 5.01. The number of rotatable bonds is 7. The summed E-state index contributed by atoms with van der Waals surface area (Å²) in [6.07, 6.45) is 0.496. The Balaban J connectivity index is 1.38. The molecule has 0 bridgehead atoms. The van der Waals surface area contributed by atoms with E-state index in [1.54, 1.807) is 30.3 Å². The van der Waals surface area contributed by atoms with E-state index in [0.717, 1.165) is 59.6 Å². The number of nitrogens with zero attached hydrogens (tertiary/aromatic N) is 1. The summed E-state index contributed by atoms with van der Waals surface area (Å²) < 4.78 is 25.2. The first-order chi connectivity index (χ1) is 17.4. The minimum atomic E-state index is -0.418. The van der Waals surface area contributed by atoms with Gasteiger partial charge in [-0.1, -0.05) is 29.8 Å². The molecule has 1 saturated heterocycles. The van der Waals surface area contributed by atoms with Gasteiger partial charge in [-0.25, -0.2) is 0 Å². The van der Waals surface area contributed by atoms with Crippen LogP contribution in [-0.4, -0.2) is 48.0 Å². The molecule has 0 saturated carbocycles. The average molecular weight is 510 g/mol. The van der Waals surface area contributed by atoms with Gasteiger partial charge in [0, 0.05) is 30.1 Å². The Hall–Kier alpha value is -3.22. The van der Waals surface area contributed by atoms with Crippen molar-refractivity contribution in [2.75, 3.05) is 32.9 Å². The van der Waals surface area contributed by atoms with Gasteiger partial charge in [-0.15, -0.1) is 0 Å². The van der Waals surface area contributed by atoms with Gasteiger partial charge >= 0.3 is 0 Å². The number of halogens is 2. The molecule has 5 nitrogen and oxygen atoms in total. The topological polar surface area (TPSA) is 62.2 Å². The molecule has 0 radical (unpaired) electrons.